The molecule has 0 aromatic carbocycles. The molecular weight excluding hydrogens is 288 g/mol. The molecule has 8 nitrogen and oxygen atoms in total. The number of urea groups is 1. The predicted octanol–water partition coefficient (Wildman–Crippen LogP) is -0.695. The van der Waals surface area contributed by atoms with E-state index in [4.69, 9.17) is 9.84 Å². The molecule has 2 N–H and O–H groups in total. The second kappa shape index (κ2) is 6.89. The van der Waals surface area contributed by atoms with Gasteiger partial charge in [-0.1, -0.05) is 0 Å². The van der Waals surface area contributed by atoms with Crippen LogP contribution in [0.15, 0.2) is 0 Å². The molecule has 0 radical (unpaired) electrons. The number of methoxy groups -OCH3 is 1. The number of carbonyl (C=O) groups excluding carboxylic acids is 1. The number of rotatable bonds is 6. The predicted molar refractivity (Wildman–Crippen MR) is 71.3 cm³/mol. The molecule has 1 rings (SSSR count). The first kappa shape index (κ1) is 16.7. The number of carbonyl (C=O) groups is 2. The number of sulfone groups is 1. The Morgan fingerprint density at radius 2 is 2.15 bits per heavy atom. The highest BCUT2D eigenvalue weighted by atomic mass is 32.2. The summed E-state index contributed by atoms with van der Waals surface area (Å²) in [6.45, 7) is 1.48. The molecule has 0 bridgehead atoms. The molecule has 9 heteroatoms. The number of nitrogens with zero attached hydrogens (tertiary/aromatic N) is 1. The Morgan fingerprint density at radius 3 is 2.60 bits per heavy atom. The van der Waals surface area contributed by atoms with Crippen molar-refractivity contribution in [2.24, 2.45) is 0 Å². The van der Waals surface area contributed by atoms with Crippen molar-refractivity contribution in [2.45, 2.75) is 25.4 Å². The van der Waals surface area contributed by atoms with Gasteiger partial charge in [0.05, 0.1) is 24.2 Å². The molecule has 1 saturated heterocycles. The summed E-state index contributed by atoms with van der Waals surface area (Å²) in [5.74, 6) is -1.38. The maximum Gasteiger partial charge on any atom is 0.323 e. The third kappa shape index (κ3) is 4.97. The van der Waals surface area contributed by atoms with Gasteiger partial charge in [0.1, 0.15) is 6.54 Å². The van der Waals surface area contributed by atoms with Crippen LogP contribution in [0, 0.1) is 0 Å². The lowest BCUT2D eigenvalue weighted by Crippen LogP contribution is -2.51. The van der Waals surface area contributed by atoms with E-state index in [0.29, 0.717) is 0 Å². The van der Waals surface area contributed by atoms with Crippen LogP contribution < -0.4 is 5.32 Å². The highest BCUT2D eigenvalue weighted by Crippen LogP contribution is 2.17. The number of ether oxygens (including phenoxy) is 1. The van der Waals surface area contributed by atoms with E-state index in [-0.39, 0.29) is 30.6 Å². The van der Waals surface area contributed by atoms with Crippen molar-refractivity contribution in [2.75, 3.05) is 31.8 Å². The van der Waals surface area contributed by atoms with E-state index < -0.39 is 34.4 Å². The van der Waals surface area contributed by atoms with Crippen molar-refractivity contribution >= 4 is 21.8 Å². The molecule has 0 saturated carbocycles. The SMILES string of the molecule is COCC(C)NC(=O)N(CC(=O)O)C1CCS(=O)(=O)C1. The van der Waals surface area contributed by atoms with E-state index in [0.717, 1.165) is 4.90 Å². The van der Waals surface area contributed by atoms with Gasteiger partial charge in [-0.3, -0.25) is 4.79 Å². The van der Waals surface area contributed by atoms with Gasteiger partial charge >= 0.3 is 12.0 Å². The Labute approximate surface area is 118 Å². The first-order chi connectivity index (χ1) is 9.25. The molecule has 0 aromatic heterocycles. The van der Waals surface area contributed by atoms with Crippen LogP contribution in [0.4, 0.5) is 4.79 Å². The minimum absolute atomic E-state index is 0.0192. The number of hydrogen-bond donors (Lipinski definition) is 2. The van der Waals surface area contributed by atoms with E-state index >= 15 is 0 Å². The largest absolute Gasteiger partial charge is 0.480 e. The van der Waals surface area contributed by atoms with Crippen LogP contribution in [-0.2, 0) is 19.4 Å². The molecule has 0 aromatic rings. The minimum atomic E-state index is -3.19. The number of carboxylic acid groups (broad SMARTS) is 1. The van der Waals surface area contributed by atoms with Gasteiger partial charge in [-0.25, -0.2) is 13.2 Å². The van der Waals surface area contributed by atoms with E-state index in [1.165, 1.54) is 7.11 Å². The van der Waals surface area contributed by atoms with Crippen molar-refractivity contribution in [3.63, 3.8) is 0 Å². The van der Waals surface area contributed by atoms with Crippen molar-refractivity contribution in [1.29, 1.82) is 0 Å². The second-order valence-electron chi connectivity index (χ2n) is 4.88. The third-order valence-electron chi connectivity index (χ3n) is 3.00. The fourth-order valence-electron chi connectivity index (χ4n) is 2.12. The van der Waals surface area contributed by atoms with E-state index in [2.05, 4.69) is 5.32 Å². The molecule has 2 amide bonds. The number of hydrogen-bond acceptors (Lipinski definition) is 5. The molecular formula is C11H20N2O6S. The summed E-state index contributed by atoms with van der Waals surface area (Å²) in [4.78, 5) is 24.0. The fourth-order valence-corrected chi connectivity index (χ4v) is 3.85. The van der Waals surface area contributed by atoms with Gasteiger partial charge in [0.2, 0.25) is 0 Å². The molecule has 2 atom stereocenters. The topological polar surface area (TPSA) is 113 Å². The van der Waals surface area contributed by atoms with Crippen LogP contribution in [-0.4, -0.2) is 74.3 Å². The normalized spacial score (nSPS) is 22.2. The maximum atomic E-state index is 12.1. The Kier molecular flexibility index (Phi) is 5.75. The molecule has 1 aliphatic heterocycles. The van der Waals surface area contributed by atoms with Crippen LogP contribution in [0.25, 0.3) is 0 Å². The van der Waals surface area contributed by atoms with Crippen molar-refractivity contribution in [3.8, 4) is 0 Å². The average molecular weight is 308 g/mol. The zero-order valence-corrected chi connectivity index (χ0v) is 12.4. The number of amides is 2. The van der Waals surface area contributed by atoms with Gasteiger partial charge in [-0.05, 0) is 13.3 Å². The summed E-state index contributed by atoms with van der Waals surface area (Å²) < 4.78 is 27.8. The highest BCUT2D eigenvalue weighted by Gasteiger charge is 2.35. The minimum Gasteiger partial charge on any atom is -0.480 e. The van der Waals surface area contributed by atoms with Crippen molar-refractivity contribution < 1.29 is 27.9 Å². The zero-order chi connectivity index (χ0) is 15.3. The summed E-state index contributed by atoms with van der Waals surface area (Å²) in [6.07, 6.45) is 0.266. The number of aliphatic carboxylic acids is 1. The molecule has 2 unspecified atom stereocenters. The lowest BCUT2D eigenvalue weighted by Gasteiger charge is -2.28. The molecule has 1 aliphatic rings. The molecule has 0 aliphatic carbocycles. The summed E-state index contributed by atoms with van der Waals surface area (Å²) in [7, 11) is -1.70. The Balaban J connectivity index is 2.74. The smallest absolute Gasteiger partial charge is 0.323 e. The second-order valence-corrected chi connectivity index (χ2v) is 7.11. The van der Waals surface area contributed by atoms with Crippen molar-refractivity contribution in [1.82, 2.24) is 10.2 Å². The van der Waals surface area contributed by atoms with Crippen LogP contribution in [0.5, 0.6) is 0 Å². The van der Waals surface area contributed by atoms with Crippen LogP contribution in [0.3, 0.4) is 0 Å². The van der Waals surface area contributed by atoms with Crippen LogP contribution in [0.1, 0.15) is 13.3 Å². The van der Waals surface area contributed by atoms with E-state index in [1.54, 1.807) is 6.92 Å². The molecule has 116 valence electrons. The molecule has 0 spiro atoms. The van der Waals surface area contributed by atoms with Crippen LogP contribution >= 0.6 is 0 Å². The van der Waals surface area contributed by atoms with E-state index in [9.17, 15) is 18.0 Å². The van der Waals surface area contributed by atoms with Gasteiger partial charge in [-0.2, -0.15) is 0 Å². The summed E-state index contributed by atoms with van der Waals surface area (Å²) in [5.41, 5.74) is 0. The number of carboxylic acids is 1. The van der Waals surface area contributed by atoms with Gasteiger partial charge in [-0.15, -0.1) is 0 Å². The Bertz CT molecular complexity index is 464. The maximum absolute atomic E-state index is 12.1. The summed E-state index contributed by atoms with van der Waals surface area (Å²) >= 11 is 0. The molecule has 20 heavy (non-hydrogen) atoms. The Morgan fingerprint density at radius 1 is 1.50 bits per heavy atom. The lowest BCUT2D eigenvalue weighted by molar-refractivity contribution is -0.138. The lowest BCUT2D eigenvalue weighted by atomic mass is 10.2. The van der Waals surface area contributed by atoms with Gasteiger partial charge in [0, 0.05) is 13.2 Å². The first-order valence-corrected chi connectivity index (χ1v) is 8.05. The van der Waals surface area contributed by atoms with E-state index in [1.807, 2.05) is 0 Å². The fraction of sp³-hybridized carbons (Fsp3) is 0.818. The monoisotopic (exact) mass is 308 g/mol. The van der Waals surface area contributed by atoms with Gasteiger partial charge in [0.25, 0.3) is 0 Å². The zero-order valence-electron chi connectivity index (χ0n) is 11.5. The average Bonchev–Trinajstić information content (AvgIpc) is 2.66. The Hall–Kier alpha value is -1.35. The van der Waals surface area contributed by atoms with Crippen molar-refractivity contribution in [3.05, 3.63) is 0 Å². The standard InChI is InChI=1S/C11H20N2O6S/c1-8(6-19-2)12-11(16)13(5-10(14)15)9-3-4-20(17,18)7-9/h8-9H,3-7H2,1-2H3,(H,12,16)(H,14,15). The highest BCUT2D eigenvalue weighted by molar-refractivity contribution is 7.91. The third-order valence-corrected chi connectivity index (χ3v) is 4.75. The molecule has 1 fully saturated rings. The quantitative estimate of drug-likeness (QED) is 0.671. The van der Waals surface area contributed by atoms with Gasteiger partial charge in [0.15, 0.2) is 9.84 Å². The summed E-state index contributed by atoms with van der Waals surface area (Å²) in [5, 5.41) is 11.5. The van der Waals surface area contributed by atoms with Crippen LogP contribution in [0.2, 0.25) is 0 Å². The molecule has 1 heterocycles. The van der Waals surface area contributed by atoms with Gasteiger partial charge < -0.3 is 20.1 Å². The number of nitrogens with one attached hydrogen (secondary N) is 1. The summed E-state index contributed by atoms with van der Waals surface area (Å²) in [6, 6.07) is -1.47. The first-order valence-electron chi connectivity index (χ1n) is 6.23.